The van der Waals surface area contributed by atoms with Gasteiger partial charge in [-0.05, 0) is 30.7 Å². The highest BCUT2D eigenvalue weighted by Crippen LogP contribution is 2.28. The number of hydrogen-bond acceptors (Lipinski definition) is 4. The molecule has 0 fully saturated rings. The van der Waals surface area contributed by atoms with Crippen LogP contribution >= 0.6 is 11.6 Å². The second-order valence-electron chi connectivity index (χ2n) is 5.07. The second-order valence-corrected chi connectivity index (χ2v) is 7.47. The van der Waals surface area contributed by atoms with E-state index in [4.69, 9.17) is 11.6 Å². The third kappa shape index (κ3) is 4.30. The van der Waals surface area contributed by atoms with Gasteiger partial charge >= 0.3 is 0 Å². The van der Waals surface area contributed by atoms with Gasteiger partial charge in [0.15, 0.2) is 9.84 Å². The summed E-state index contributed by atoms with van der Waals surface area (Å²) in [6.07, 6.45) is 3.06. The molecule has 0 aliphatic carbocycles. The highest BCUT2D eigenvalue weighted by atomic mass is 35.5. The van der Waals surface area contributed by atoms with Gasteiger partial charge in [0, 0.05) is 18.9 Å². The zero-order valence-electron chi connectivity index (χ0n) is 12.6. The van der Waals surface area contributed by atoms with Crippen LogP contribution in [-0.4, -0.2) is 31.7 Å². The summed E-state index contributed by atoms with van der Waals surface area (Å²) < 4.78 is 25.9. The highest BCUT2D eigenvalue weighted by molar-refractivity contribution is 7.91. The predicted octanol–water partition coefficient (Wildman–Crippen LogP) is 2.26. The number of carbonyl (C=O) groups excluding carboxylic acids is 1. The quantitative estimate of drug-likeness (QED) is 0.809. The van der Waals surface area contributed by atoms with Gasteiger partial charge in [-0.1, -0.05) is 23.8 Å². The maximum Gasteiger partial charge on any atom is 0.234 e. The molecule has 122 valence electrons. The molecule has 0 aliphatic rings. The molecule has 1 atom stereocenters. The van der Waals surface area contributed by atoms with Crippen molar-refractivity contribution in [3.05, 3.63) is 59.9 Å². The molecule has 0 spiro atoms. The average molecular weight is 353 g/mol. The lowest BCUT2D eigenvalue weighted by molar-refractivity contribution is -0.118. The first-order valence-electron chi connectivity index (χ1n) is 6.98. The van der Waals surface area contributed by atoms with Gasteiger partial charge in [0.2, 0.25) is 5.91 Å². The Morgan fingerprint density at radius 3 is 2.52 bits per heavy atom. The number of sulfone groups is 1. The predicted molar refractivity (Wildman–Crippen MR) is 89.1 cm³/mol. The molecule has 7 heteroatoms. The lowest BCUT2D eigenvalue weighted by Crippen LogP contribution is -2.32. The van der Waals surface area contributed by atoms with E-state index in [-0.39, 0.29) is 17.3 Å². The van der Waals surface area contributed by atoms with Crippen molar-refractivity contribution in [1.29, 1.82) is 0 Å². The van der Waals surface area contributed by atoms with Gasteiger partial charge < -0.3 is 5.32 Å². The van der Waals surface area contributed by atoms with Crippen LogP contribution in [-0.2, 0) is 14.6 Å². The van der Waals surface area contributed by atoms with Crippen molar-refractivity contribution in [3.8, 4) is 0 Å². The molecule has 1 heterocycles. The monoisotopic (exact) mass is 352 g/mol. The number of aryl methyl sites for hydroxylation is 1. The van der Waals surface area contributed by atoms with Gasteiger partial charge in [0.1, 0.15) is 11.1 Å². The Labute approximate surface area is 140 Å². The minimum Gasteiger partial charge on any atom is -0.353 e. The summed E-state index contributed by atoms with van der Waals surface area (Å²) >= 11 is 5.46. The Morgan fingerprint density at radius 2 is 1.96 bits per heavy atom. The number of pyridine rings is 1. The number of rotatable bonds is 6. The number of benzene rings is 1. The molecule has 0 bridgehead atoms. The topological polar surface area (TPSA) is 76.1 Å². The van der Waals surface area contributed by atoms with Crippen LogP contribution < -0.4 is 5.32 Å². The van der Waals surface area contributed by atoms with E-state index in [1.165, 1.54) is 6.20 Å². The summed E-state index contributed by atoms with van der Waals surface area (Å²) in [6, 6.07) is 9.95. The van der Waals surface area contributed by atoms with E-state index in [0.29, 0.717) is 5.56 Å². The number of nitrogens with zero attached hydrogens (tertiary/aromatic N) is 1. The molecule has 1 aromatic heterocycles. The van der Waals surface area contributed by atoms with E-state index >= 15 is 0 Å². The Balaban J connectivity index is 2.39. The van der Waals surface area contributed by atoms with Gasteiger partial charge in [-0.2, -0.15) is 0 Å². The molecular formula is C16H17ClN2O3S. The van der Waals surface area contributed by atoms with Gasteiger partial charge in [0.25, 0.3) is 0 Å². The van der Waals surface area contributed by atoms with Crippen LogP contribution in [0.4, 0.5) is 0 Å². The van der Waals surface area contributed by atoms with Crippen LogP contribution in [0.3, 0.4) is 0 Å². The van der Waals surface area contributed by atoms with Crippen molar-refractivity contribution in [2.75, 3.05) is 12.4 Å². The number of alkyl halides is 1. The first kappa shape index (κ1) is 17.4. The van der Waals surface area contributed by atoms with Crippen molar-refractivity contribution in [3.63, 3.8) is 0 Å². The third-order valence-corrected chi connectivity index (χ3v) is 5.75. The Kier molecular flexibility index (Phi) is 5.74. The molecule has 23 heavy (non-hydrogen) atoms. The summed E-state index contributed by atoms with van der Waals surface area (Å²) in [6.45, 7) is 1.82. The Morgan fingerprint density at radius 1 is 1.26 bits per heavy atom. The summed E-state index contributed by atoms with van der Waals surface area (Å²) in [7, 11) is -3.67. The van der Waals surface area contributed by atoms with E-state index in [1.54, 1.807) is 42.6 Å². The van der Waals surface area contributed by atoms with Crippen molar-refractivity contribution in [1.82, 2.24) is 10.3 Å². The van der Waals surface area contributed by atoms with Gasteiger partial charge in [0.05, 0.1) is 4.90 Å². The molecule has 0 saturated carbocycles. The van der Waals surface area contributed by atoms with Crippen molar-refractivity contribution in [2.24, 2.45) is 0 Å². The van der Waals surface area contributed by atoms with E-state index in [9.17, 15) is 13.2 Å². The highest BCUT2D eigenvalue weighted by Gasteiger charge is 2.29. The third-order valence-electron chi connectivity index (χ3n) is 3.39. The van der Waals surface area contributed by atoms with E-state index in [2.05, 4.69) is 10.3 Å². The molecule has 0 saturated heterocycles. The number of amides is 1. The first-order valence-corrected chi connectivity index (χ1v) is 9.06. The standard InChI is InChI=1S/C16H17ClN2O3S/c1-12-4-6-14(7-5-12)23(21,22)15(11-19-16(20)9-17)13-3-2-8-18-10-13/h2-8,10,15H,9,11H2,1H3,(H,19,20). The van der Waals surface area contributed by atoms with Crippen LogP contribution in [0.1, 0.15) is 16.4 Å². The SMILES string of the molecule is Cc1ccc(S(=O)(=O)C(CNC(=O)CCl)c2cccnc2)cc1. The van der Waals surface area contributed by atoms with Gasteiger partial charge in [-0.3, -0.25) is 9.78 Å². The minimum atomic E-state index is -3.67. The smallest absolute Gasteiger partial charge is 0.234 e. The second kappa shape index (κ2) is 7.57. The largest absolute Gasteiger partial charge is 0.353 e. The number of halogens is 1. The van der Waals surface area contributed by atoms with E-state index in [0.717, 1.165) is 5.56 Å². The molecule has 2 rings (SSSR count). The van der Waals surface area contributed by atoms with Crippen LogP contribution in [0.2, 0.25) is 0 Å². The first-order chi connectivity index (χ1) is 10.9. The van der Waals surface area contributed by atoms with Gasteiger partial charge in [-0.15, -0.1) is 11.6 Å². The summed E-state index contributed by atoms with van der Waals surface area (Å²) in [4.78, 5) is 15.6. The molecule has 1 aromatic carbocycles. The molecular weight excluding hydrogens is 336 g/mol. The normalized spacial score (nSPS) is 12.6. The molecule has 1 N–H and O–H groups in total. The van der Waals surface area contributed by atoms with Crippen LogP contribution in [0.15, 0.2) is 53.7 Å². The lowest BCUT2D eigenvalue weighted by Gasteiger charge is -2.18. The number of hydrogen-bond donors (Lipinski definition) is 1. The maximum absolute atomic E-state index is 12.9. The molecule has 1 unspecified atom stereocenters. The minimum absolute atomic E-state index is 0.0620. The molecule has 0 radical (unpaired) electrons. The number of nitrogens with one attached hydrogen (secondary N) is 1. The average Bonchev–Trinajstić information content (AvgIpc) is 2.56. The Hall–Kier alpha value is -1.92. The van der Waals surface area contributed by atoms with Crippen molar-refractivity contribution in [2.45, 2.75) is 17.1 Å². The summed E-state index contributed by atoms with van der Waals surface area (Å²) in [5.41, 5.74) is 1.49. The Bertz CT molecular complexity index is 762. The number of aromatic nitrogens is 1. The lowest BCUT2D eigenvalue weighted by atomic mass is 10.2. The van der Waals surface area contributed by atoms with Crippen LogP contribution in [0.5, 0.6) is 0 Å². The molecule has 5 nitrogen and oxygen atoms in total. The maximum atomic E-state index is 12.9. The van der Waals surface area contributed by atoms with Gasteiger partial charge in [-0.25, -0.2) is 8.42 Å². The van der Waals surface area contributed by atoms with Crippen LogP contribution in [0.25, 0.3) is 0 Å². The summed E-state index contributed by atoms with van der Waals surface area (Å²) in [5, 5.41) is 1.62. The summed E-state index contributed by atoms with van der Waals surface area (Å²) in [5.74, 6) is -0.635. The van der Waals surface area contributed by atoms with Crippen molar-refractivity contribution < 1.29 is 13.2 Å². The van der Waals surface area contributed by atoms with E-state index in [1.807, 2.05) is 6.92 Å². The molecule has 1 amide bonds. The zero-order valence-corrected chi connectivity index (χ0v) is 14.1. The zero-order chi connectivity index (χ0) is 16.9. The van der Waals surface area contributed by atoms with E-state index < -0.39 is 21.0 Å². The fourth-order valence-corrected chi connectivity index (χ4v) is 3.86. The fraction of sp³-hybridized carbons (Fsp3) is 0.250. The number of carbonyl (C=O) groups is 1. The molecule has 2 aromatic rings. The molecule has 0 aliphatic heterocycles. The van der Waals surface area contributed by atoms with Crippen LogP contribution in [0, 0.1) is 6.92 Å². The fourth-order valence-electron chi connectivity index (χ4n) is 2.12. The van der Waals surface area contributed by atoms with Crippen molar-refractivity contribution >= 4 is 27.3 Å².